The van der Waals surface area contributed by atoms with E-state index in [4.69, 9.17) is 4.74 Å². The number of aryl methyl sites for hydroxylation is 2. The van der Waals surface area contributed by atoms with Crippen molar-refractivity contribution in [1.82, 2.24) is 9.97 Å². The van der Waals surface area contributed by atoms with E-state index in [1.54, 1.807) is 6.07 Å². The first-order valence-electron chi connectivity index (χ1n) is 9.65. The smallest absolute Gasteiger partial charge is 0.338 e. The molecule has 3 aromatic rings. The average molecular weight is 377 g/mol. The SMILES string of the molecule is COC(=O)c1ccccc1-c1ccc(CCc2ncc(CC(C)(C)C)[nH]2)cc1. The lowest BCUT2D eigenvalue weighted by atomic mass is 9.91. The summed E-state index contributed by atoms with van der Waals surface area (Å²) in [5.41, 5.74) is 5.17. The molecule has 0 spiro atoms. The number of H-pyrrole nitrogens is 1. The lowest BCUT2D eigenvalue weighted by molar-refractivity contribution is 0.0601. The predicted octanol–water partition coefficient (Wildman–Crippen LogP) is 5.24. The van der Waals surface area contributed by atoms with Crippen LogP contribution >= 0.6 is 0 Å². The van der Waals surface area contributed by atoms with Crippen molar-refractivity contribution in [3.63, 3.8) is 0 Å². The van der Waals surface area contributed by atoms with Gasteiger partial charge < -0.3 is 9.72 Å². The summed E-state index contributed by atoms with van der Waals surface area (Å²) in [5, 5.41) is 0. The molecule has 4 heteroatoms. The van der Waals surface area contributed by atoms with Crippen molar-refractivity contribution in [1.29, 1.82) is 0 Å². The number of methoxy groups -OCH3 is 1. The molecule has 0 saturated heterocycles. The largest absolute Gasteiger partial charge is 0.465 e. The number of imidazole rings is 1. The number of carbonyl (C=O) groups is 1. The Bertz CT molecular complexity index is 934. The van der Waals surface area contributed by atoms with Gasteiger partial charge in [0.15, 0.2) is 0 Å². The summed E-state index contributed by atoms with van der Waals surface area (Å²) >= 11 is 0. The molecule has 1 heterocycles. The molecule has 1 aromatic heterocycles. The normalized spacial score (nSPS) is 11.4. The van der Waals surface area contributed by atoms with E-state index in [9.17, 15) is 4.79 Å². The lowest BCUT2D eigenvalue weighted by Gasteiger charge is -2.16. The molecule has 0 atom stereocenters. The van der Waals surface area contributed by atoms with E-state index in [0.717, 1.165) is 36.2 Å². The summed E-state index contributed by atoms with van der Waals surface area (Å²) in [4.78, 5) is 19.9. The molecule has 0 aliphatic heterocycles. The Hall–Kier alpha value is -2.88. The first kappa shape index (κ1) is 19.9. The number of nitrogens with zero attached hydrogens (tertiary/aromatic N) is 1. The molecule has 3 rings (SSSR count). The van der Waals surface area contributed by atoms with Crippen molar-refractivity contribution < 1.29 is 9.53 Å². The zero-order valence-electron chi connectivity index (χ0n) is 17.1. The quantitative estimate of drug-likeness (QED) is 0.599. The minimum absolute atomic E-state index is 0.250. The molecule has 0 aliphatic rings. The van der Waals surface area contributed by atoms with Crippen LogP contribution in [-0.2, 0) is 24.0 Å². The third kappa shape index (κ3) is 5.10. The average Bonchev–Trinajstić information content (AvgIpc) is 3.11. The Kier molecular flexibility index (Phi) is 5.98. The van der Waals surface area contributed by atoms with E-state index in [0.29, 0.717) is 5.56 Å². The van der Waals surface area contributed by atoms with E-state index in [2.05, 4.69) is 55.0 Å². The van der Waals surface area contributed by atoms with Crippen LogP contribution in [0.1, 0.15) is 48.2 Å². The number of hydrogen-bond acceptors (Lipinski definition) is 3. The van der Waals surface area contributed by atoms with Gasteiger partial charge in [-0.05, 0) is 41.0 Å². The molecule has 146 valence electrons. The molecule has 0 amide bonds. The number of hydrogen-bond donors (Lipinski definition) is 1. The summed E-state index contributed by atoms with van der Waals surface area (Å²) in [5.74, 6) is 0.711. The van der Waals surface area contributed by atoms with Gasteiger partial charge in [0, 0.05) is 18.3 Å². The minimum atomic E-state index is -0.316. The van der Waals surface area contributed by atoms with Gasteiger partial charge >= 0.3 is 5.97 Å². The monoisotopic (exact) mass is 376 g/mol. The van der Waals surface area contributed by atoms with Gasteiger partial charge in [-0.25, -0.2) is 9.78 Å². The van der Waals surface area contributed by atoms with Crippen LogP contribution in [-0.4, -0.2) is 23.0 Å². The highest BCUT2D eigenvalue weighted by molar-refractivity contribution is 5.97. The number of aromatic amines is 1. The van der Waals surface area contributed by atoms with Crippen LogP contribution in [0.2, 0.25) is 0 Å². The molecule has 0 radical (unpaired) electrons. The molecule has 0 fully saturated rings. The maximum absolute atomic E-state index is 12.0. The first-order chi connectivity index (χ1) is 13.4. The number of benzene rings is 2. The third-order valence-electron chi connectivity index (χ3n) is 4.65. The highest BCUT2D eigenvalue weighted by atomic mass is 16.5. The zero-order chi connectivity index (χ0) is 20.1. The van der Waals surface area contributed by atoms with Crippen molar-refractivity contribution in [2.75, 3.05) is 7.11 Å². The Morgan fingerprint density at radius 1 is 1.04 bits per heavy atom. The van der Waals surface area contributed by atoms with Crippen molar-refractivity contribution in [2.45, 2.75) is 40.0 Å². The number of aromatic nitrogens is 2. The van der Waals surface area contributed by atoms with E-state index in [1.807, 2.05) is 24.4 Å². The van der Waals surface area contributed by atoms with Gasteiger partial charge in [0.25, 0.3) is 0 Å². The Balaban J connectivity index is 1.67. The van der Waals surface area contributed by atoms with Gasteiger partial charge in [0.05, 0.1) is 12.7 Å². The number of rotatable bonds is 6. The summed E-state index contributed by atoms with van der Waals surface area (Å²) in [6, 6.07) is 15.9. The molecule has 0 aliphatic carbocycles. The van der Waals surface area contributed by atoms with Crippen molar-refractivity contribution in [2.24, 2.45) is 5.41 Å². The van der Waals surface area contributed by atoms with Crippen LogP contribution in [0.4, 0.5) is 0 Å². The lowest BCUT2D eigenvalue weighted by Crippen LogP contribution is -2.09. The van der Waals surface area contributed by atoms with Crippen LogP contribution in [0.15, 0.2) is 54.7 Å². The number of ether oxygens (including phenoxy) is 1. The van der Waals surface area contributed by atoms with Crippen LogP contribution in [0, 0.1) is 5.41 Å². The molecular formula is C24H28N2O2. The fourth-order valence-corrected chi connectivity index (χ4v) is 3.33. The first-order valence-corrected chi connectivity index (χ1v) is 9.65. The molecule has 4 nitrogen and oxygen atoms in total. The van der Waals surface area contributed by atoms with Crippen LogP contribution in [0.25, 0.3) is 11.1 Å². The highest BCUT2D eigenvalue weighted by Crippen LogP contribution is 2.25. The fourth-order valence-electron chi connectivity index (χ4n) is 3.33. The second kappa shape index (κ2) is 8.42. The highest BCUT2D eigenvalue weighted by Gasteiger charge is 2.14. The molecule has 28 heavy (non-hydrogen) atoms. The topological polar surface area (TPSA) is 55.0 Å². The number of carbonyl (C=O) groups excluding carboxylic acids is 1. The van der Waals surface area contributed by atoms with Gasteiger partial charge in [-0.1, -0.05) is 63.2 Å². The van der Waals surface area contributed by atoms with Gasteiger partial charge in [-0.15, -0.1) is 0 Å². The number of esters is 1. The molecule has 0 bridgehead atoms. The standard InChI is InChI=1S/C24H28N2O2/c1-24(2,3)15-19-16-25-22(26-19)14-11-17-9-12-18(13-10-17)20-7-5-6-8-21(20)23(27)28-4/h5-10,12-13,16H,11,14-15H2,1-4H3,(H,25,26). The fraction of sp³-hybridized carbons (Fsp3) is 0.333. The van der Waals surface area contributed by atoms with Gasteiger partial charge in [-0.3, -0.25) is 0 Å². The molecule has 2 aromatic carbocycles. The predicted molar refractivity (Wildman–Crippen MR) is 112 cm³/mol. The van der Waals surface area contributed by atoms with E-state index in [1.165, 1.54) is 18.4 Å². The molecule has 1 N–H and O–H groups in total. The second-order valence-corrected chi connectivity index (χ2v) is 8.33. The van der Waals surface area contributed by atoms with E-state index >= 15 is 0 Å². The molecule has 0 saturated carbocycles. The Morgan fingerprint density at radius 2 is 1.75 bits per heavy atom. The molecule has 0 unspecified atom stereocenters. The maximum Gasteiger partial charge on any atom is 0.338 e. The van der Waals surface area contributed by atoms with Gasteiger partial charge in [-0.2, -0.15) is 0 Å². The minimum Gasteiger partial charge on any atom is -0.465 e. The maximum atomic E-state index is 12.0. The summed E-state index contributed by atoms with van der Waals surface area (Å²) in [7, 11) is 1.41. The van der Waals surface area contributed by atoms with Crippen LogP contribution in [0.5, 0.6) is 0 Å². The Morgan fingerprint density at radius 3 is 2.43 bits per heavy atom. The van der Waals surface area contributed by atoms with Crippen LogP contribution in [0.3, 0.4) is 0 Å². The van der Waals surface area contributed by atoms with Crippen molar-refractivity contribution in [3.8, 4) is 11.1 Å². The third-order valence-corrected chi connectivity index (χ3v) is 4.65. The molecular weight excluding hydrogens is 348 g/mol. The van der Waals surface area contributed by atoms with E-state index in [-0.39, 0.29) is 11.4 Å². The van der Waals surface area contributed by atoms with E-state index < -0.39 is 0 Å². The van der Waals surface area contributed by atoms with Gasteiger partial charge in [0.1, 0.15) is 5.82 Å². The summed E-state index contributed by atoms with van der Waals surface area (Å²) in [6.07, 6.45) is 4.74. The van der Waals surface area contributed by atoms with Crippen molar-refractivity contribution >= 4 is 5.97 Å². The second-order valence-electron chi connectivity index (χ2n) is 8.33. The number of nitrogens with one attached hydrogen (secondary N) is 1. The summed E-state index contributed by atoms with van der Waals surface area (Å²) < 4.78 is 4.89. The van der Waals surface area contributed by atoms with Crippen molar-refractivity contribution in [3.05, 3.63) is 77.4 Å². The van der Waals surface area contributed by atoms with Crippen LogP contribution < -0.4 is 0 Å². The zero-order valence-corrected chi connectivity index (χ0v) is 17.1. The Labute approximate surface area is 167 Å². The van der Waals surface area contributed by atoms with Gasteiger partial charge in [0.2, 0.25) is 0 Å². The summed E-state index contributed by atoms with van der Waals surface area (Å²) in [6.45, 7) is 6.69.